The van der Waals surface area contributed by atoms with E-state index in [4.69, 9.17) is 9.90 Å². The van der Waals surface area contributed by atoms with Crippen LogP contribution in [-0.4, -0.2) is 36.4 Å². The zero-order valence-corrected chi connectivity index (χ0v) is 16.0. The first-order valence-corrected chi connectivity index (χ1v) is 8.74. The standard InChI is InChI=1S/C18H13FN4O3.C2H4O2/c1-10-9-20-17-18(24)21-16(12-4-2-3-5-14(12)19)13-8-11(23(25)26)6-7-15(13)22(10)17;1-2(3)4/h2-9,18,24H,1H3;1H3,(H,3,4). The number of aromatic nitrogens is 2. The fraction of sp³-hybridized carbons (Fsp3) is 0.150. The molecule has 30 heavy (non-hydrogen) atoms. The number of aliphatic hydroxyl groups excluding tert-OH is 1. The Balaban J connectivity index is 0.000000589. The smallest absolute Gasteiger partial charge is 0.300 e. The van der Waals surface area contributed by atoms with Gasteiger partial charge < -0.3 is 10.2 Å². The normalized spacial score (nSPS) is 14.4. The van der Waals surface area contributed by atoms with Crippen molar-refractivity contribution in [2.75, 3.05) is 0 Å². The zero-order chi connectivity index (χ0) is 22.0. The number of benzene rings is 2. The molecule has 0 saturated heterocycles. The topological polar surface area (TPSA) is 131 Å². The molecule has 0 radical (unpaired) electrons. The summed E-state index contributed by atoms with van der Waals surface area (Å²) in [4.78, 5) is 28.1. The van der Waals surface area contributed by atoms with Gasteiger partial charge in [-0.05, 0) is 25.1 Å². The van der Waals surface area contributed by atoms with Crippen molar-refractivity contribution in [2.45, 2.75) is 20.1 Å². The summed E-state index contributed by atoms with van der Waals surface area (Å²) in [5, 5.41) is 29.2. The molecule has 2 heterocycles. The van der Waals surface area contributed by atoms with Crippen LogP contribution in [0.4, 0.5) is 10.1 Å². The summed E-state index contributed by atoms with van der Waals surface area (Å²) in [7, 11) is 0. The summed E-state index contributed by atoms with van der Waals surface area (Å²) in [6.45, 7) is 2.88. The first kappa shape index (κ1) is 20.8. The molecule has 2 aromatic carbocycles. The second-order valence-corrected chi connectivity index (χ2v) is 6.40. The van der Waals surface area contributed by atoms with Crippen molar-refractivity contribution in [1.29, 1.82) is 0 Å². The van der Waals surface area contributed by atoms with Crippen LogP contribution < -0.4 is 0 Å². The van der Waals surface area contributed by atoms with E-state index in [9.17, 15) is 19.6 Å². The number of carboxylic acid groups (broad SMARTS) is 1. The number of hydrogen-bond acceptors (Lipinski definition) is 6. The van der Waals surface area contributed by atoms with Gasteiger partial charge in [0.15, 0.2) is 5.82 Å². The summed E-state index contributed by atoms with van der Waals surface area (Å²) in [6, 6.07) is 10.2. The van der Waals surface area contributed by atoms with Gasteiger partial charge in [0.25, 0.3) is 11.7 Å². The van der Waals surface area contributed by atoms with Crippen LogP contribution >= 0.6 is 0 Å². The molecule has 1 aliphatic heterocycles. The van der Waals surface area contributed by atoms with Crippen molar-refractivity contribution in [3.8, 4) is 5.69 Å². The molecule has 2 N–H and O–H groups in total. The van der Waals surface area contributed by atoms with Crippen LogP contribution in [0.2, 0.25) is 0 Å². The molecule has 4 rings (SSSR count). The molecule has 0 spiro atoms. The van der Waals surface area contributed by atoms with Crippen molar-refractivity contribution in [2.24, 2.45) is 4.99 Å². The Morgan fingerprint density at radius 1 is 1.23 bits per heavy atom. The third-order valence-electron chi connectivity index (χ3n) is 4.26. The number of non-ortho nitro benzene ring substituents is 1. The molecular weight excluding hydrogens is 395 g/mol. The maximum Gasteiger partial charge on any atom is 0.300 e. The SMILES string of the molecule is CC(=O)O.Cc1cnc2n1-c1ccc([N+](=O)[O-])cc1C(c1ccccc1F)=NC2O. The molecule has 0 saturated carbocycles. The van der Waals surface area contributed by atoms with Gasteiger partial charge in [-0.3, -0.25) is 19.5 Å². The number of imidazole rings is 1. The maximum atomic E-state index is 14.4. The Kier molecular flexibility index (Phi) is 5.70. The highest BCUT2D eigenvalue weighted by Gasteiger charge is 2.28. The van der Waals surface area contributed by atoms with E-state index in [1.54, 1.807) is 29.8 Å². The van der Waals surface area contributed by atoms with Crippen LogP contribution in [0.5, 0.6) is 0 Å². The molecule has 3 aromatic rings. The number of carbonyl (C=O) groups is 1. The highest BCUT2D eigenvalue weighted by atomic mass is 19.1. The molecule has 154 valence electrons. The Bertz CT molecular complexity index is 1170. The third kappa shape index (κ3) is 3.94. The number of nitro benzene ring substituents is 1. The lowest BCUT2D eigenvalue weighted by atomic mass is 9.99. The molecule has 1 atom stereocenters. The predicted octanol–water partition coefficient (Wildman–Crippen LogP) is 3.16. The van der Waals surface area contributed by atoms with E-state index in [-0.39, 0.29) is 22.8 Å². The Hall–Kier alpha value is -3.92. The van der Waals surface area contributed by atoms with Crippen LogP contribution in [0.1, 0.15) is 35.8 Å². The van der Waals surface area contributed by atoms with Crippen molar-refractivity contribution < 1.29 is 24.3 Å². The van der Waals surface area contributed by atoms with Crippen LogP contribution in [0.15, 0.2) is 53.7 Å². The number of halogens is 1. The number of aryl methyl sites for hydroxylation is 1. The Morgan fingerprint density at radius 3 is 2.53 bits per heavy atom. The van der Waals surface area contributed by atoms with Gasteiger partial charge in [0.05, 0.1) is 16.3 Å². The van der Waals surface area contributed by atoms with E-state index in [0.717, 1.165) is 12.6 Å². The van der Waals surface area contributed by atoms with Crippen LogP contribution in [0, 0.1) is 22.9 Å². The van der Waals surface area contributed by atoms with Crippen LogP contribution in [0.3, 0.4) is 0 Å². The lowest BCUT2D eigenvalue weighted by molar-refractivity contribution is -0.384. The van der Waals surface area contributed by atoms with E-state index in [1.165, 1.54) is 30.3 Å². The van der Waals surface area contributed by atoms with E-state index >= 15 is 0 Å². The van der Waals surface area contributed by atoms with Gasteiger partial charge in [-0.2, -0.15) is 0 Å². The van der Waals surface area contributed by atoms with Crippen LogP contribution in [0.25, 0.3) is 5.69 Å². The molecule has 0 aliphatic carbocycles. The molecule has 10 heteroatoms. The number of hydrogen-bond donors (Lipinski definition) is 2. The highest BCUT2D eigenvalue weighted by molar-refractivity contribution is 6.15. The first-order chi connectivity index (χ1) is 14.2. The van der Waals surface area contributed by atoms with Crippen molar-refractivity contribution >= 4 is 17.4 Å². The number of aliphatic imine (C=N–C) groups is 1. The Labute approximate surface area is 169 Å². The molecule has 1 aromatic heterocycles. The van der Waals surface area contributed by atoms with E-state index in [1.807, 2.05) is 0 Å². The summed E-state index contributed by atoms with van der Waals surface area (Å²) < 4.78 is 16.1. The van der Waals surface area contributed by atoms with E-state index in [0.29, 0.717) is 11.3 Å². The van der Waals surface area contributed by atoms with Gasteiger partial charge in [0, 0.05) is 42.1 Å². The molecule has 1 unspecified atom stereocenters. The van der Waals surface area contributed by atoms with Crippen LogP contribution in [-0.2, 0) is 4.79 Å². The van der Waals surface area contributed by atoms with E-state index in [2.05, 4.69) is 9.98 Å². The van der Waals surface area contributed by atoms with Gasteiger partial charge in [-0.25, -0.2) is 14.4 Å². The lowest BCUT2D eigenvalue weighted by Gasteiger charge is -2.13. The summed E-state index contributed by atoms with van der Waals surface area (Å²) in [5.74, 6) is -1.10. The van der Waals surface area contributed by atoms with Gasteiger partial charge >= 0.3 is 0 Å². The quantitative estimate of drug-likeness (QED) is 0.491. The summed E-state index contributed by atoms with van der Waals surface area (Å²) >= 11 is 0. The molecule has 0 bridgehead atoms. The summed E-state index contributed by atoms with van der Waals surface area (Å²) in [5.41, 5.74) is 1.75. The van der Waals surface area contributed by atoms with Gasteiger partial charge in [0.2, 0.25) is 6.23 Å². The zero-order valence-electron chi connectivity index (χ0n) is 16.0. The monoisotopic (exact) mass is 412 g/mol. The second kappa shape index (κ2) is 8.21. The van der Waals surface area contributed by atoms with Gasteiger partial charge in [-0.1, -0.05) is 12.1 Å². The van der Waals surface area contributed by atoms with Crippen molar-refractivity contribution in [1.82, 2.24) is 9.55 Å². The van der Waals surface area contributed by atoms with Gasteiger partial charge in [0.1, 0.15) is 5.82 Å². The number of carboxylic acids is 1. The minimum atomic E-state index is -1.33. The fourth-order valence-corrected chi connectivity index (χ4v) is 3.09. The number of nitro groups is 1. The number of aliphatic hydroxyl groups is 1. The second-order valence-electron chi connectivity index (χ2n) is 6.40. The highest BCUT2D eigenvalue weighted by Crippen LogP contribution is 2.32. The summed E-state index contributed by atoms with van der Waals surface area (Å²) in [6.07, 6.45) is 0.248. The molecular formula is C20H17FN4O5. The Morgan fingerprint density at radius 2 is 1.90 bits per heavy atom. The largest absolute Gasteiger partial charge is 0.481 e. The molecule has 0 amide bonds. The fourth-order valence-electron chi connectivity index (χ4n) is 3.09. The van der Waals surface area contributed by atoms with Crippen molar-refractivity contribution in [3.05, 3.63) is 87.2 Å². The average molecular weight is 412 g/mol. The first-order valence-electron chi connectivity index (χ1n) is 8.74. The lowest BCUT2D eigenvalue weighted by Crippen LogP contribution is -2.10. The molecule has 1 aliphatic rings. The third-order valence-corrected chi connectivity index (χ3v) is 4.26. The average Bonchev–Trinajstić information content (AvgIpc) is 3.01. The van der Waals surface area contributed by atoms with E-state index < -0.39 is 22.9 Å². The number of aliphatic carboxylic acids is 1. The number of fused-ring (bicyclic) bond motifs is 3. The molecule has 9 nitrogen and oxygen atoms in total. The number of rotatable bonds is 2. The van der Waals surface area contributed by atoms with Crippen molar-refractivity contribution in [3.63, 3.8) is 0 Å². The number of nitrogens with zero attached hydrogens (tertiary/aromatic N) is 4. The maximum absolute atomic E-state index is 14.4. The predicted molar refractivity (Wildman–Crippen MR) is 105 cm³/mol. The molecule has 0 fully saturated rings. The minimum absolute atomic E-state index is 0.138. The minimum Gasteiger partial charge on any atom is -0.481 e. The van der Waals surface area contributed by atoms with Gasteiger partial charge in [-0.15, -0.1) is 0 Å².